The van der Waals surface area contributed by atoms with Crippen LogP contribution in [0.15, 0.2) is 109 Å². The summed E-state index contributed by atoms with van der Waals surface area (Å²) in [4.78, 5) is 13.0. The molecule has 1 saturated heterocycles. The average molecular weight is 513 g/mol. The Morgan fingerprint density at radius 1 is 0.811 bits per heavy atom. The second-order valence-electron chi connectivity index (χ2n) is 9.36. The quantitative estimate of drug-likeness (QED) is 0.273. The van der Waals surface area contributed by atoms with E-state index in [1.165, 1.54) is 6.07 Å². The van der Waals surface area contributed by atoms with Gasteiger partial charge in [-0.15, -0.1) is 0 Å². The predicted molar refractivity (Wildman–Crippen MR) is 146 cm³/mol. The van der Waals surface area contributed by atoms with E-state index in [0.717, 1.165) is 0 Å². The lowest BCUT2D eigenvalue weighted by Crippen LogP contribution is -2.43. The van der Waals surface area contributed by atoms with E-state index in [0.29, 0.717) is 40.3 Å². The minimum absolute atomic E-state index is 0.0172. The zero-order chi connectivity index (χ0) is 25.8. The van der Waals surface area contributed by atoms with Gasteiger partial charge >= 0.3 is 0 Å². The number of hydrogen-bond acceptors (Lipinski definition) is 5. The van der Waals surface area contributed by atoms with E-state index in [2.05, 4.69) is 0 Å². The van der Waals surface area contributed by atoms with Crippen molar-refractivity contribution >= 4 is 23.5 Å². The first kappa shape index (κ1) is 25.2. The third-order valence-corrected chi connectivity index (χ3v) is 10.2. The highest BCUT2D eigenvalue weighted by Gasteiger charge is 2.40. The molecule has 0 aliphatic carbocycles. The molecule has 4 aromatic carbocycles. The number of phenolic OH excluding ortho intramolecular Hbond substituents is 1. The molecule has 1 aliphatic heterocycles. The number of aliphatic hydroxyl groups excluding tert-OH is 1. The summed E-state index contributed by atoms with van der Waals surface area (Å²) in [6.45, 7) is 0.340. The summed E-state index contributed by atoms with van der Waals surface area (Å²) in [5.41, 5.74) is 1.49. The molecule has 188 valence electrons. The molecule has 0 saturated carbocycles. The molecular formula is C31H29O5P. The molecule has 5 rings (SSSR count). The van der Waals surface area contributed by atoms with E-state index in [1.54, 1.807) is 36.4 Å². The van der Waals surface area contributed by atoms with Gasteiger partial charge in [0.1, 0.15) is 12.9 Å². The summed E-state index contributed by atoms with van der Waals surface area (Å²) in [5, 5.41) is 23.6. The van der Waals surface area contributed by atoms with Gasteiger partial charge in [0.2, 0.25) is 0 Å². The van der Waals surface area contributed by atoms with Crippen LogP contribution in [0.4, 0.5) is 0 Å². The van der Waals surface area contributed by atoms with Crippen LogP contribution in [0, 0.1) is 0 Å². The lowest BCUT2D eigenvalue weighted by atomic mass is 9.84. The number of hydrogen-bond donors (Lipinski definition) is 2. The van der Waals surface area contributed by atoms with Gasteiger partial charge in [-0.2, -0.15) is 0 Å². The minimum Gasteiger partial charge on any atom is -0.508 e. The molecule has 1 fully saturated rings. The summed E-state index contributed by atoms with van der Waals surface area (Å²) >= 11 is 0. The van der Waals surface area contributed by atoms with Gasteiger partial charge in [0.25, 0.3) is 0 Å². The number of aromatic hydroxyl groups is 1. The van der Waals surface area contributed by atoms with Crippen LogP contribution in [0.2, 0.25) is 0 Å². The topological polar surface area (TPSA) is 83.8 Å². The molecule has 3 atom stereocenters. The Labute approximate surface area is 216 Å². The third kappa shape index (κ3) is 5.17. The summed E-state index contributed by atoms with van der Waals surface area (Å²) in [7, 11) is -3.13. The summed E-state index contributed by atoms with van der Waals surface area (Å²) in [6.07, 6.45) is -1.13. The number of carbonyl (C=O) groups is 1. The largest absolute Gasteiger partial charge is 0.508 e. The Kier molecular flexibility index (Phi) is 7.38. The van der Waals surface area contributed by atoms with Crippen LogP contribution < -0.4 is 10.6 Å². The number of phenols is 1. The Morgan fingerprint density at radius 3 is 1.97 bits per heavy atom. The van der Waals surface area contributed by atoms with Crippen molar-refractivity contribution in [2.45, 2.75) is 24.5 Å². The van der Waals surface area contributed by atoms with E-state index >= 15 is 0 Å². The summed E-state index contributed by atoms with van der Waals surface area (Å²) in [5.74, 6) is -0.608. The van der Waals surface area contributed by atoms with Crippen molar-refractivity contribution in [2.75, 3.05) is 12.8 Å². The smallest absolute Gasteiger partial charge is 0.193 e. The highest BCUT2D eigenvalue weighted by molar-refractivity contribution is 7.78. The minimum atomic E-state index is -3.13. The highest BCUT2D eigenvalue weighted by atomic mass is 31.2. The average Bonchev–Trinajstić information content (AvgIpc) is 2.95. The van der Waals surface area contributed by atoms with Crippen molar-refractivity contribution in [3.8, 4) is 5.75 Å². The van der Waals surface area contributed by atoms with Crippen LogP contribution in [-0.4, -0.2) is 41.0 Å². The molecule has 6 heteroatoms. The van der Waals surface area contributed by atoms with Crippen LogP contribution in [0.25, 0.3) is 0 Å². The molecule has 0 radical (unpaired) electrons. The molecule has 0 amide bonds. The molecule has 37 heavy (non-hydrogen) atoms. The molecule has 5 nitrogen and oxygen atoms in total. The fourth-order valence-corrected chi connectivity index (χ4v) is 7.93. The van der Waals surface area contributed by atoms with E-state index in [9.17, 15) is 19.6 Å². The molecule has 0 aromatic heterocycles. The first-order chi connectivity index (χ1) is 18.0. The maximum absolute atomic E-state index is 14.6. The maximum atomic E-state index is 14.6. The standard InChI is InChI=1S/C31H29O5P/c32-28-17-16-23(30(33)22-10-4-1-5-11-22)20-27(28)26-18-19-36-29(31(26)34)21-37(35,24-12-6-2-7-13-24)25-14-8-3-9-15-25/h1-17,20,26,29,31-32,34H,18-19,21H2/t26-,29+,31-/m0/s1. The van der Waals surface area contributed by atoms with E-state index in [-0.39, 0.29) is 17.7 Å². The van der Waals surface area contributed by atoms with Gasteiger partial charge < -0.3 is 19.5 Å². The van der Waals surface area contributed by atoms with Crippen molar-refractivity contribution in [3.05, 3.63) is 126 Å². The lowest BCUT2D eigenvalue weighted by molar-refractivity contribution is -0.0747. The Bertz CT molecular complexity index is 1360. The van der Waals surface area contributed by atoms with Crippen LogP contribution in [0.1, 0.15) is 33.8 Å². The van der Waals surface area contributed by atoms with Crippen LogP contribution in [0.5, 0.6) is 5.75 Å². The third-order valence-electron chi connectivity index (χ3n) is 7.06. The van der Waals surface area contributed by atoms with Gasteiger partial charge in [0, 0.05) is 46.0 Å². The Balaban J connectivity index is 1.46. The number of rotatable bonds is 7. The summed E-state index contributed by atoms with van der Waals surface area (Å²) in [6, 6.07) is 32.3. The van der Waals surface area contributed by atoms with E-state index < -0.39 is 25.3 Å². The number of ether oxygens (including phenoxy) is 1. The van der Waals surface area contributed by atoms with Crippen molar-refractivity contribution in [1.29, 1.82) is 0 Å². The Hall–Kier alpha value is -3.50. The van der Waals surface area contributed by atoms with E-state index in [1.807, 2.05) is 66.7 Å². The first-order valence-corrected chi connectivity index (χ1v) is 14.3. The van der Waals surface area contributed by atoms with Gasteiger partial charge in [0.15, 0.2) is 5.78 Å². The van der Waals surface area contributed by atoms with Crippen molar-refractivity contribution in [3.63, 3.8) is 0 Å². The second-order valence-corrected chi connectivity index (χ2v) is 12.2. The molecule has 1 aliphatic rings. The van der Waals surface area contributed by atoms with Crippen molar-refractivity contribution < 1.29 is 24.3 Å². The van der Waals surface area contributed by atoms with Crippen molar-refractivity contribution in [1.82, 2.24) is 0 Å². The van der Waals surface area contributed by atoms with E-state index in [4.69, 9.17) is 4.74 Å². The normalized spacial score (nSPS) is 19.9. The van der Waals surface area contributed by atoms with Gasteiger partial charge in [-0.1, -0.05) is 91.0 Å². The van der Waals surface area contributed by atoms with Gasteiger partial charge in [0.05, 0.1) is 12.2 Å². The molecule has 0 unspecified atom stereocenters. The maximum Gasteiger partial charge on any atom is 0.193 e. The number of aliphatic hydroxyl groups is 1. The fraction of sp³-hybridized carbons (Fsp3) is 0.194. The summed E-state index contributed by atoms with van der Waals surface area (Å²) < 4.78 is 20.6. The van der Waals surface area contributed by atoms with Crippen LogP contribution in [0.3, 0.4) is 0 Å². The Morgan fingerprint density at radius 2 is 1.38 bits per heavy atom. The van der Waals surface area contributed by atoms with Crippen molar-refractivity contribution in [2.24, 2.45) is 0 Å². The second kappa shape index (κ2) is 10.9. The van der Waals surface area contributed by atoms with Crippen LogP contribution in [-0.2, 0) is 9.30 Å². The molecule has 2 N–H and O–H groups in total. The molecule has 1 heterocycles. The SMILES string of the molecule is O=C(c1ccccc1)c1ccc(O)c([C@@H]2CCO[C@H](CP(=O)(c3ccccc3)c3ccccc3)[C@H]2O)c1. The number of carbonyl (C=O) groups excluding carboxylic acids is 1. The predicted octanol–water partition coefficient (Wildman–Crippen LogP) is 4.87. The molecular weight excluding hydrogens is 483 g/mol. The zero-order valence-electron chi connectivity index (χ0n) is 20.3. The molecule has 4 aromatic rings. The lowest BCUT2D eigenvalue weighted by Gasteiger charge is -2.37. The zero-order valence-corrected chi connectivity index (χ0v) is 21.2. The fourth-order valence-electron chi connectivity index (χ4n) is 5.07. The highest BCUT2D eigenvalue weighted by Crippen LogP contribution is 2.47. The van der Waals surface area contributed by atoms with Gasteiger partial charge in [-0.25, -0.2) is 0 Å². The van der Waals surface area contributed by atoms with Gasteiger partial charge in [-0.05, 0) is 24.6 Å². The first-order valence-electron chi connectivity index (χ1n) is 12.4. The number of benzene rings is 4. The van der Waals surface area contributed by atoms with Crippen LogP contribution >= 0.6 is 7.14 Å². The monoisotopic (exact) mass is 512 g/mol. The molecule has 0 spiro atoms. The number of ketones is 1. The molecule has 0 bridgehead atoms. The van der Waals surface area contributed by atoms with Gasteiger partial charge in [-0.3, -0.25) is 4.79 Å².